The number of carbonyl (C=O) groups excluding carboxylic acids is 3. The summed E-state index contributed by atoms with van der Waals surface area (Å²) in [6.45, 7) is 5.99. The molecule has 2 atom stereocenters. The zero-order chi connectivity index (χ0) is 20.4. The van der Waals surface area contributed by atoms with E-state index in [1.165, 1.54) is 6.92 Å². The Morgan fingerprint density at radius 3 is 2.33 bits per heavy atom. The number of ether oxygens (including phenoxy) is 2. The number of hydrogen-bond acceptors (Lipinski definition) is 6. The van der Waals surface area contributed by atoms with Gasteiger partial charge in [0.15, 0.2) is 0 Å². The van der Waals surface area contributed by atoms with Crippen LogP contribution in [-0.4, -0.2) is 45.6 Å². The molecule has 0 aromatic heterocycles. The number of hydrogen-bond donors (Lipinski definition) is 1. The van der Waals surface area contributed by atoms with E-state index in [-0.39, 0.29) is 13.0 Å². The SMILES string of the molecule is CC(C)(C)OC(=O)N1C(=O)[C@](C)(C(=O)OCc2ccccc2)C[C@H]1C(=O)O. The van der Waals surface area contributed by atoms with Crippen molar-refractivity contribution in [2.24, 2.45) is 5.41 Å². The van der Waals surface area contributed by atoms with Crippen LogP contribution in [0.4, 0.5) is 4.79 Å². The van der Waals surface area contributed by atoms with Gasteiger partial charge < -0.3 is 14.6 Å². The number of rotatable bonds is 4. The molecule has 0 aliphatic carbocycles. The number of imide groups is 1. The van der Waals surface area contributed by atoms with Gasteiger partial charge in [-0.25, -0.2) is 14.5 Å². The number of nitrogens with zero attached hydrogens (tertiary/aromatic N) is 1. The Kier molecular flexibility index (Phi) is 5.58. The molecular weight excluding hydrogens is 354 g/mol. The van der Waals surface area contributed by atoms with E-state index in [1.54, 1.807) is 45.0 Å². The van der Waals surface area contributed by atoms with E-state index in [1.807, 2.05) is 6.07 Å². The molecule has 0 radical (unpaired) electrons. The first-order valence-electron chi connectivity index (χ1n) is 8.46. The van der Waals surface area contributed by atoms with Gasteiger partial charge in [0.2, 0.25) is 5.91 Å². The molecule has 1 heterocycles. The molecule has 1 saturated heterocycles. The Morgan fingerprint density at radius 2 is 1.81 bits per heavy atom. The molecular formula is C19H23NO7. The van der Waals surface area contributed by atoms with Gasteiger partial charge in [-0.15, -0.1) is 0 Å². The number of benzene rings is 1. The van der Waals surface area contributed by atoms with Gasteiger partial charge in [-0.1, -0.05) is 30.3 Å². The number of aliphatic carboxylic acids is 1. The summed E-state index contributed by atoms with van der Waals surface area (Å²) in [5.74, 6) is -3.22. The van der Waals surface area contributed by atoms with Gasteiger partial charge in [0.05, 0.1) is 0 Å². The van der Waals surface area contributed by atoms with Gasteiger partial charge in [0, 0.05) is 6.42 Å². The maximum atomic E-state index is 12.8. The first-order chi connectivity index (χ1) is 12.5. The summed E-state index contributed by atoms with van der Waals surface area (Å²) in [5, 5.41) is 9.42. The zero-order valence-corrected chi connectivity index (χ0v) is 15.7. The van der Waals surface area contributed by atoms with Crippen LogP contribution in [0.1, 0.15) is 39.7 Å². The summed E-state index contributed by atoms with van der Waals surface area (Å²) in [5.41, 5.74) is -1.99. The molecule has 146 valence electrons. The topological polar surface area (TPSA) is 110 Å². The second-order valence-corrected chi connectivity index (χ2v) is 7.61. The highest BCUT2D eigenvalue weighted by atomic mass is 16.6. The van der Waals surface area contributed by atoms with E-state index in [2.05, 4.69) is 0 Å². The van der Waals surface area contributed by atoms with Crippen LogP contribution in [0.2, 0.25) is 0 Å². The average molecular weight is 377 g/mol. The zero-order valence-electron chi connectivity index (χ0n) is 15.7. The fourth-order valence-electron chi connectivity index (χ4n) is 2.74. The molecule has 1 fully saturated rings. The number of carboxylic acid groups (broad SMARTS) is 1. The number of amides is 2. The minimum atomic E-state index is -1.78. The van der Waals surface area contributed by atoms with Crippen molar-refractivity contribution < 1.29 is 33.8 Å². The smallest absolute Gasteiger partial charge is 0.417 e. The molecule has 8 nitrogen and oxygen atoms in total. The molecule has 1 aliphatic rings. The molecule has 1 aromatic carbocycles. The highest BCUT2D eigenvalue weighted by molar-refractivity contribution is 6.11. The van der Waals surface area contributed by atoms with Crippen LogP contribution in [0.5, 0.6) is 0 Å². The molecule has 2 rings (SSSR count). The molecule has 1 N–H and O–H groups in total. The second kappa shape index (κ2) is 7.38. The summed E-state index contributed by atoms with van der Waals surface area (Å²) < 4.78 is 10.3. The molecule has 0 bridgehead atoms. The minimum Gasteiger partial charge on any atom is -0.480 e. The summed E-state index contributed by atoms with van der Waals surface area (Å²) >= 11 is 0. The van der Waals surface area contributed by atoms with Crippen LogP contribution in [0.3, 0.4) is 0 Å². The monoisotopic (exact) mass is 377 g/mol. The fourth-order valence-corrected chi connectivity index (χ4v) is 2.74. The lowest BCUT2D eigenvalue weighted by molar-refractivity contribution is -0.161. The average Bonchev–Trinajstić information content (AvgIpc) is 2.85. The van der Waals surface area contributed by atoms with E-state index in [0.29, 0.717) is 4.90 Å². The predicted molar refractivity (Wildman–Crippen MR) is 93.5 cm³/mol. The molecule has 27 heavy (non-hydrogen) atoms. The Bertz CT molecular complexity index is 753. The highest BCUT2D eigenvalue weighted by Crippen LogP contribution is 2.38. The highest BCUT2D eigenvalue weighted by Gasteiger charge is 2.59. The quantitative estimate of drug-likeness (QED) is 0.633. The van der Waals surface area contributed by atoms with Crippen LogP contribution in [0.15, 0.2) is 30.3 Å². The predicted octanol–water partition coefficient (Wildman–Crippen LogP) is 2.36. The van der Waals surface area contributed by atoms with E-state index < -0.39 is 41.0 Å². The summed E-state index contributed by atoms with van der Waals surface area (Å²) in [7, 11) is 0. The second-order valence-electron chi connectivity index (χ2n) is 7.61. The van der Waals surface area contributed by atoms with Crippen molar-refractivity contribution in [2.75, 3.05) is 0 Å². The summed E-state index contributed by atoms with van der Waals surface area (Å²) in [6.07, 6.45) is -1.48. The lowest BCUT2D eigenvalue weighted by Crippen LogP contribution is -2.47. The van der Waals surface area contributed by atoms with Crippen molar-refractivity contribution >= 4 is 23.9 Å². The summed E-state index contributed by atoms with van der Waals surface area (Å²) in [4.78, 5) is 49.7. The molecule has 2 amide bonds. The van der Waals surface area contributed by atoms with Gasteiger partial charge in [-0.3, -0.25) is 9.59 Å². The first kappa shape index (κ1) is 20.4. The molecule has 0 unspecified atom stereocenters. The minimum absolute atomic E-state index is 0.0628. The number of esters is 1. The van der Waals surface area contributed by atoms with Crippen molar-refractivity contribution in [3.63, 3.8) is 0 Å². The van der Waals surface area contributed by atoms with E-state index in [9.17, 15) is 24.3 Å². The molecule has 0 saturated carbocycles. The Morgan fingerprint density at radius 1 is 1.22 bits per heavy atom. The van der Waals surface area contributed by atoms with E-state index >= 15 is 0 Å². The lowest BCUT2D eigenvalue weighted by Gasteiger charge is -2.26. The number of carbonyl (C=O) groups is 4. The third kappa shape index (κ3) is 4.45. The standard InChI is InChI=1S/C19H23NO7/c1-18(2,3)27-17(25)20-13(14(21)22)10-19(4,15(20)23)16(24)26-11-12-8-6-5-7-9-12/h5-9,13H,10-11H2,1-4H3,(H,21,22)/t13-,19+/m0/s1. The number of carboxylic acids is 1. The Labute approximate surface area is 157 Å². The molecule has 1 aromatic rings. The van der Waals surface area contributed by atoms with Crippen LogP contribution in [0, 0.1) is 5.41 Å². The van der Waals surface area contributed by atoms with Gasteiger partial charge in [-0.2, -0.15) is 0 Å². The third-order valence-electron chi connectivity index (χ3n) is 4.14. The fraction of sp³-hybridized carbons (Fsp3) is 0.474. The van der Waals surface area contributed by atoms with Crippen molar-refractivity contribution in [1.82, 2.24) is 4.90 Å². The third-order valence-corrected chi connectivity index (χ3v) is 4.14. The van der Waals surface area contributed by atoms with Crippen molar-refractivity contribution in [3.05, 3.63) is 35.9 Å². The van der Waals surface area contributed by atoms with Crippen LogP contribution in [-0.2, 0) is 30.5 Å². The van der Waals surface area contributed by atoms with Crippen molar-refractivity contribution in [1.29, 1.82) is 0 Å². The molecule has 0 spiro atoms. The van der Waals surface area contributed by atoms with Gasteiger partial charge in [0.25, 0.3) is 0 Å². The largest absolute Gasteiger partial charge is 0.480 e. The van der Waals surface area contributed by atoms with Crippen LogP contribution < -0.4 is 0 Å². The first-order valence-corrected chi connectivity index (χ1v) is 8.46. The maximum Gasteiger partial charge on any atom is 0.417 e. The Hall–Kier alpha value is -2.90. The van der Waals surface area contributed by atoms with Crippen LogP contribution >= 0.6 is 0 Å². The lowest BCUT2D eigenvalue weighted by atomic mass is 9.87. The molecule has 8 heteroatoms. The van der Waals surface area contributed by atoms with Gasteiger partial charge >= 0.3 is 18.0 Å². The summed E-state index contributed by atoms with van der Waals surface area (Å²) in [6, 6.07) is 7.36. The maximum absolute atomic E-state index is 12.8. The van der Waals surface area contributed by atoms with E-state index in [4.69, 9.17) is 9.47 Å². The van der Waals surface area contributed by atoms with Gasteiger partial charge in [-0.05, 0) is 33.3 Å². The van der Waals surface area contributed by atoms with Crippen LogP contribution in [0.25, 0.3) is 0 Å². The van der Waals surface area contributed by atoms with Crippen molar-refractivity contribution in [2.45, 2.75) is 52.4 Å². The normalized spacial score (nSPS) is 22.4. The van der Waals surface area contributed by atoms with Crippen molar-refractivity contribution in [3.8, 4) is 0 Å². The Balaban J connectivity index is 2.20. The van der Waals surface area contributed by atoms with Gasteiger partial charge in [0.1, 0.15) is 23.7 Å². The number of likely N-dealkylation sites (tertiary alicyclic amines) is 1. The molecule has 1 aliphatic heterocycles. The van der Waals surface area contributed by atoms with E-state index in [0.717, 1.165) is 5.56 Å².